The highest BCUT2D eigenvalue weighted by Crippen LogP contribution is 2.43. The fourth-order valence-electron chi connectivity index (χ4n) is 2.83. The Kier molecular flexibility index (Phi) is 3.10. The number of hydrogen-bond donors (Lipinski definition) is 0. The molecule has 0 spiro atoms. The van der Waals surface area contributed by atoms with Gasteiger partial charge in [0.25, 0.3) is 0 Å². The number of aromatic nitrogens is 1. The van der Waals surface area contributed by atoms with Gasteiger partial charge in [-0.1, -0.05) is 50.2 Å². The molecular formula is C17H18ClN. The number of pyridine rings is 1. The second-order valence-electron chi connectivity index (χ2n) is 6.11. The monoisotopic (exact) mass is 271 g/mol. The van der Waals surface area contributed by atoms with Gasteiger partial charge in [-0.15, -0.1) is 11.6 Å². The summed E-state index contributed by atoms with van der Waals surface area (Å²) in [5.41, 5.74) is 4.82. The lowest BCUT2D eigenvalue weighted by Crippen LogP contribution is -2.24. The molecule has 0 N–H and O–H groups in total. The molecule has 1 aromatic heterocycles. The number of hydrogen-bond acceptors (Lipinski definition) is 1. The third-order valence-electron chi connectivity index (χ3n) is 3.79. The third-order valence-corrected chi connectivity index (χ3v) is 4.18. The minimum Gasteiger partial charge on any atom is -0.252 e. The van der Waals surface area contributed by atoms with E-state index in [0.29, 0.717) is 0 Å². The Bertz CT molecular complexity index is 589. The molecule has 0 amide bonds. The van der Waals surface area contributed by atoms with E-state index >= 15 is 0 Å². The molecular weight excluding hydrogens is 254 g/mol. The summed E-state index contributed by atoms with van der Waals surface area (Å²) >= 11 is 6.49. The van der Waals surface area contributed by atoms with Gasteiger partial charge in [-0.2, -0.15) is 0 Å². The second kappa shape index (κ2) is 4.64. The summed E-state index contributed by atoms with van der Waals surface area (Å²) in [6.07, 6.45) is 2.03. The first-order valence-corrected chi connectivity index (χ1v) is 7.18. The third kappa shape index (κ3) is 2.52. The number of fused-ring (bicyclic) bond motifs is 1. The van der Waals surface area contributed by atoms with Gasteiger partial charge in [-0.05, 0) is 29.9 Å². The molecule has 2 heteroatoms. The minimum absolute atomic E-state index is 0.0936. The predicted molar refractivity (Wildman–Crippen MR) is 80.4 cm³/mol. The van der Waals surface area contributed by atoms with Crippen LogP contribution in [0, 0.1) is 5.41 Å². The van der Waals surface area contributed by atoms with Crippen molar-refractivity contribution in [3.05, 3.63) is 53.7 Å². The van der Waals surface area contributed by atoms with Crippen LogP contribution < -0.4 is 0 Å². The number of alkyl halides is 1. The van der Waals surface area contributed by atoms with E-state index in [2.05, 4.69) is 38.1 Å². The molecule has 0 saturated carbocycles. The smallest absolute Gasteiger partial charge is 0.0705 e. The predicted octanol–water partition coefficient (Wildman–Crippen LogP) is 5.00. The van der Waals surface area contributed by atoms with Gasteiger partial charge in [0, 0.05) is 11.3 Å². The van der Waals surface area contributed by atoms with Gasteiger partial charge in [-0.25, -0.2) is 0 Å². The highest BCUT2D eigenvalue weighted by atomic mass is 35.5. The van der Waals surface area contributed by atoms with Crippen molar-refractivity contribution >= 4 is 11.6 Å². The summed E-state index contributed by atoms with van der Waals surface area (Å²) in [4.78, 5) is 4.85. The fraction of sp³-hybridized carbons (Fsp3) is 0.353. The van der Waals surface area contributed by atoms with Crippen molar-refractivity contribution in [2.45, 2.75) is 32.1 Å². The first-order valence-electron chi connectivity index (χ1n) is 6.74. The lowest BCUT2D eigenvalue weighted by molar-refractivity contribution is 0.305. The zero-order valence-electron chi connectivity index (χ0n) is 11.4. The van der Waals surface area contributed by atoms with Crippen molar-refractivity contribution < 1.29 is 0 Å². The summed E-state index contributed by atoms with van der Waals surface area (Å²) in [6, 6.07) is 14.6. The summed E-state index contributed by atoms with van der Waals surface area (Å²) < 4.78 is 0. The van der Waals surface area contributed by atoms with Crippen LogP contribution in [0.2, 0.25) is 0 Å². The Hall–Kier alpha value is -1.34. The van der Waals surface area contributed by atoms with Crippen LogP contribution in [0.1, 0.15) is 36.9 Å². The van der Waals surface area contributed by atoms with Crippen LogP contribution in [-0.4, -0.2) is 4.98 Å². The summed E-state index contributed by atoms with van der Waals surface area (Å²) in [5.74, 6) is 0. The van der Waals surface area contributed by atoms with Crippen molar-refractivity contribution in [1.29, 1.82) is 0 Å². The molecule has 1 aromatic carbocycles. The Morgan fingerprint density at radius 2 is 1.84 bits per heavy atom. The van der Waals surface area contributed by atoms with E-state index in [1.165, 1.54) is 11.1 Å². The molecule has 0 fully saturated rings. The highest BCUT2D eigenvalue weighted by molar-refractivity contribution is 6.21. The molecule has 1 nitrogen and oxygen atoms in total. The molecule has 19 heavy (non-hydrogen) atoms. The molecule has 1 atom stereocenters. The maximum Gasteiger partial charge on any atom is 0.0705 e. The molecule has 2 aromatic rings. The van der Waals surface area contributed by atoms with E-state index < -0.39 is 0 Å². The normalized spacial score (nSPS) is 20.9. The van der Waals surface area contributed by atoms with E-state index in [1.54, 1.807) is 0 Å². The number of halogens is 1. The fourth-order valence-corrected chi connectivity index (χ4v) is 3.45. The molecule has 1 heterocycles. The molecule has 3 rings (SSSR count). The standard InChI is InChI=1S/C17H18ClN/c1-17(2)10-14(18)13-8-9-15(19-16(13)11-17)12-6-4-3-5-7-12/h3-9,14H,10-11H2,1-2H3. The van der Waals surface area contributed by atoms with Gasteiger partial charge < -0.3 is 0 Å². The number of nitrogens with zero attached hydrogens (tertiary/aromatic N) is 1. The Labute approximate surface area is 119 Å². The van der Waals surface area contributed by atoms with Crippen LogP contribution in [-0.2, 0) is 6.42 Å². The molecule has 1 unspecified atom stereocenters. The Morgan fingerprint density at radius 3 is 2.58 bits per heavy atom. The topological polar surface area (TPSA) is 12.9 Å². The maximum atomic E-state index is 6.49. The van der Waals surface area contributed by atoms with Crippen LogP contribution in [0.3, 0.4) is 0 Å². The van der Waals surface area contributed by atoms with Gasteiger partial charge in [0.15, 0.2) is 0 Å². The van der Waals surface area contributed by atoms with Gasteiger partial charge >= 0.3 is 0 Å². The minimum atomic E-state index is 0.0936. The Morgan fingerprint density at radius 1 is 1.11 bits per heavy atom. The van der Waals surface area contributed by atoms with Crippen LogP contribution >= 0.6 is 11.6 Å². The quantitative estimate of drug-likeness (QED) is 0.665. The van der Waals surface area contributed by atoms with E-state index in [1.807, 2.05) is 18.2 Å². The Balaban J connectivity index is 2.05. The molecule has 1 aliphatic rings. The lowest BCUT2D eigenvalue weighted by atomic mass is 9.76. The molecule has 0 bridgehead atoms. The van der Waals surface area contributed by atoms with E-state index in [0.717, 1.165) is 24.2 Å². The van der Waals surface area contributed by atoms with Gasteiger partial charge in [0.05, 0.1) is 11.1 Å². The van der Waals surface area contributed by atoms with Gasteiger partial charge in [-0.3, -0.25) is 4.98 Å². The van der Waals surface area contributed by atoms with Crippen molar-refractivity contribution in [2.75, 3.05) is 0 Å². The molecule has 0 saturated heterocycles. The largest absolute Gasteiger partial charge is 0.252 e. The average Bonchev–Trinajstić information content (AvgIpc) is 2.37. The first kappa shape index (κ1) is 12.7. The van der Waals surface area contributed by atoms with Crippen LogP contribution in [0.4, 0.5) is 0 Å². The molecule has 98 valence electrons. The highest BCUT2D eigenvalue weighted by Gasteiger charge is 2.32. The number of benzene rings is 1. The van der Waals surface area contributed by atoms with Gasteiger partial charge in [0.1, 0.15) is 0 Å². The van der Waals surface area contributed by atoms with Crippen molar-refractivity contribution in [3.63, 3.8) is 0 Å². The van der Waals surface area contributed by atoms with E-state index in [9.17, 15) is 0 Å². The SMILES string of the molecule is CC1(C)Cc2nc(-c3ccccc3)ccc2C(Cl)C1. The van der Waals surface area contributed by atoms with Crippen molar-refractivity contribution in [1.82, 2.24) is 4.98 Å². The molecule has 1 aliphatic carbocycles. The maximum absolute atomic E-state index is 6.49. The van der Waals surface area contributed by atoms with Crippen LogP contribution in [0.25, 0.3) is 11.3 Å². The zero-order chi connectivity index (χ0) is 13.5. The molecule has 0 radical (unpaired) electrons. The average molecular weight is 272 g/mol. The second-order valence-corrected chi connectivity index (χ2v) is 6.64. The van der Waals surface area contributed by atoms with Crippen molar-refractivity contribution in [3.8, 4) is 11.3 Å². The summed E-state index contributed by atoms with van der Waals surface area (Å²) in [5, 5.41) is 0.0936. The van der Waals surface area contributed by atoms with Crippen LogP contribution in [0.15, 0.2) is 42.5 Å². The van der Waals surface area contributed by atoms with Crippen LogP contribution in [0.5, 0.6) is 0 Å². The summed E-state index contributed by atoms with van der Waals surface area (Å²) in [6.45, 7) is 4.53. The van der Waals surface area contributed by atoms with Crippen molar-refractivity contribution in [2.24, 2.45) is 5.41 Å². The van der Waals surface area contributed by atoms with Gasteiger partial charge in [0.2, 0.25) is 0 Å². The zero-order valence-corrected chi connectivity index (χ0v) is 12.1. The van der Waals surface area contributed by atoms with E-state index in [-0.39, 0.29) is 10.8 Å². The van der Waals surface area contributed by atoms with E-state index in [4.69, 9.17) is 16.6 Å². The summed E-state index contributed by atoms with van der Waals surface area (Å²) in [7, 11) is 0. The lowest BCUT2D eigenvalue weighted by Gasteiger charge is -2.33. The number of rotatable bonds is 1. The first-order chi connectivity index (χ1) is 9.05. The molecule has 0 aliphatic heterocycles.